The minimum atomic E-state index is -0.210. The number of nitrogens with one attached hydrogen (secondary N) is 1. The van der Waals surface area contributed by atoms with Crippen LogP contribution in [0.15, 0.2) is 66.0 Å². The number of hydrogen-bond acceptors (Lipinski definition) is 4. The van der Waals surface area contributed by atoms with Crippen LogP contribution in [0.4, 0.5) is 5.13 Å². The second-order valence-electron chi connectivity index (χ2n) is 5.86. The van der Waals surface area contributed by atoms with Gasteiger partial charge in [0.05, 0.1) is 12.8 Å². The number of aromatic nitrogens is 1. The summed E-state index contributed by atoms with van der Waals surface area (Å²) in [7, 11) is 1.63. The number of amides is 1. The first kappa shape index (κ1) is 17.5. The summed E-state index contributed by atoms with van der Waals surface area (Å²) in [5.74, 6) is 0.579. The second-order valence-corrected chi connectivity index (χ2v) is 7.13. The van der Waals surface area contributed by atoms with E-state index in [0.29, 0.717) is 15.7 Å². The van der Waals surface area contributed by atoms with Gasteiger partial charge in [-0.1, -0.05) is 35.9 Å². The zero-order chi connectivity index (χ0) is 18.8. The molecule has 0 bridgehead atoms. The highest BCUT2D eigenvalue weighted by atomic mass is 35.5. The summed E-state index contributed by atoms with van der Waals surface area (Å²) in [6.07, 6.45) is 0. The van der Waals surface area contributed by atoms with Crippen LogP contribution in [-0.2, 0) is 0 Å². The Kier molecular flexibility index (Phi) is 4.79. The standard InChI is InChI=1S/C21H15ClN2O2S/c1-26-14-10-8-13(9-11-14)19-12-27-21(23-19)24-20(25)17-6-2-5-16-15(17)4-3-7-18(16)22/h2-12H,1H3,(H,23,24,25). The molecule has 0 spiro atoms. The maximum absolute atomic E-state index is 12.8. The highest BCUT2D eigenvalue weighted by molar-refractivity contribution is 7.14. The van der Waals surface area contributed by atoms with E-state index in [1.807, 2.05) is 60.0 Å². The average Bonchev–Trinajstić information content (AvgIpc) is 3.16. The molecule has 4 nitrogen and oxygen atoms in total. The zero-order valence-corrected chi connectivity index (χ0v) is 16.0. The summed E-state index contributed by atoms with van der Waals surface area (Å²) >= 11 is 7.62. The zero-order valence-electron chi connectivity index (χ0n) is 14.4. The molecule has 134 valence electrons. The quantitative estimate of drug-likeness (QED) is 0.470. The van der Waals surface area contributed by atoms with Crippen LogP contribution in [0.2, 0.25) is 5.02 Å². The molecule has 0 saturated carbocycles. The van der Waals surface area contributed by atoms with Crippen LogP contribution in [0.1, 0.15) is 10.4 Å². The molecule has 4 aromatic rings. The molecule has 0 fully saturated rings. The van der Waals surface area contributed by atoms with Gasteiger partial charge in [-0.25, -0.2) is 4.98 Å². The van der Waals surface area contributed by atoms with Crippen molar-refractivity contribution in [3.63, 3.8) is 0 Å². The lowest BCUT2D eigenvalue weighted by molar-refractivity contribution is 0.102. The van der Waals surface area contributed by atoms with Crippen LogP contribution in [0.5, 0.6) is 5.75 Å². The Morgan fingerprint density at radius 1 is 1.04 bits per heavy atom. The molecule has 0 atom stereocenters. The third-order valence-electron chi connectivity index (χ3n) is 4.22. The summed E-state index contributed by atoms with van der Waals surface area (Å²) in [6.45, 7) is 0. The molecule has 1 aromatic heterocycles. The third-order valence-corrected chi connectivity index (χ3v) is 5.31. The number of fused-ring (bicyclic) bond motifs is 1. The van der Waals surface area contributed by atoms with Gasteiger partial charge in [0.2, 0.25) is 0 Å². The van der Waals surface area contributed by atoms with E-state index in [2.05, 4.69) is 10.3 Å². The van der Waals surface area contributed by atoms with E-state index in [-0.39, 0.29) is 5.91 Å². The van der Waals surface area contributed by atoms with E-state index in [4.69, 9.17) is 16.3 Å². The number of methoxy groups -OCH3 is 1. The normalized spacial score (nSPS) is 10.7. The van der Waals surface area contributed by atoms with E-state index in [0.717, 1.165) is 27.8 Å². The number of nitrogens with zero attached hydrogens (tertiary/aromatic N) is 1. The smallest absolute Gasteiger partial charge is 0.258 e. The molecule has 1 amide bonds. The molecule has 0 aliphatic carbocycles. The summed E-state index contributed by atoms with van der Waals surface area (Å²) < 4.78 is 5.17. The molecule has 27 heavy (non-hydrogen) atoms. The van der Waals surface area contributed by atoms with Gasteiger partial charge in [-0.3, -0.25) is 10.1 Å². The van der Waals surface area contributed by atoms with Crippen molar-refractivity contribution in [3.8, 4) is 17.0 Å². The lowest BCUT2D eigenvalue weighted by Gasteiger charge is -2.07. The summed E-state index contributed by atoms with van der Waals surface area (Å²) in [4.78, 5) is 17.3. The fraction of sp³-hybridized carbons (Fsp3) is 0.0476. The second kappa shape index (κ2) is 7.39. The van der Waals surface area contributed by atoms with E-state index in [1.165, 1.54) is 11.3 Å². The van der Waals surface area contributed by atoms with Crippen LogP contribution in [0, 0.1) is 0 Å². The van der Waals surface area contributed by atoms with Gasteiger partial charge in [0.15, 0.2) is 5.13 Å². The Bertz CT molecular complexity index is 1120. The summed E-state index contributed by atoms with van der Waals surface area (Å²) in [5.41, 5.74) is 2.33. The maximum Gasteiger partial charge on any atom is 0.258 e. The first-order valence-electron chi connectivity index (χ1n) is 8.24. The Labute approximate surface area is 165 Å². The predicted octanol–water partition coefficient (Wildman–Crippen LogP) is 5.88. The number of rotatable bonds is 4. The lowest BCUT2D eigenvalue weighted by atomic mass is 10.0. The highest BCUT2D eigenvalue weighted by Crippen LogP contribution is 2.29. The minimum Gasteiger partial charge on any atom is -0.497 e. The van der Waals surface area contributed by atoms with Crippen molar-refractivity contribution in [2.45, 2.75) is 0 Å². The molecule has 0 saturated heterocycles. The van der Waals surface area contributed by atoms with Gasteiger partial charge in [0.25, 0.3) is 5.91 Å². The van der Waals surface area contributed by atoms with Crippen molar-refractivity contribution in [3.05, 3.63) is 76.6 Å². The number of ether oxygens (including phenoxy) is 1. The maximum atomic E-state index is 12.8. The number of thiazole rings is 1. The summed E-state index contributed by atoms with van der Waals surface area (Å²) in [5, 5.41) is 7.63. The van der Waals surface area contributed by atoms with Gasteiger partial charge in [-0.15, -0.1) is 11.3 Å². The van der Waals surface area contributed by atoms with E-state index >= 15 is 0 Å². The number of anilines is 1. The number of hydrogen-bond donors (Lipinski definition) is 1. The van der Waals surface area contributed by atoms with Crippen LogP contribution >= 0.6 is 22.9 Å². The van der Waals surface area contributed by atoms with Gasteiger partial charge in [-0.2, -0.15) is 0 Å². The van der Waals surface area contributed by atoms with Crippen molar-refractivity contribution in [2.75, 3.05) is 12.4 Å². The first-order chi connectivity index (χ1) is 13.2. The Hall–Kier alpha value is -2.89. The fourth-order valence-electron chi connectivity index (χ4n) is 2.86. The molecular formula is C21H15ClN2O2S. The van der Waals surface area contributed by atoms with Crippen LogP contribution in [0.3, 0.4) is 0 Å². The van der Waals surface area contributed by atoms with Gasteiger partial charge >= 0.3 is 0 Å². The number of carbonyl (C=O) groups is 1. The lowest BCUT2D eigenvalue weighted by Crippen LogP contribution is -2.12. The molecular weight excluding hydrogens is 380 g/mol. The molecule has 1 N–H and O–H groups in total. The number of halogens is 1. The van der Waals surface area contributed by atoms with Gasteiger partial charge in [-0.05, 0) is 41.8 Å². The number of benzene rings is 3. The van der Waals surface area contributed by atoms with E-state index < -0.39 is 0 Å². The average molecular weight is 395 g/mol. The van der Waals surface area contributed by atoms with Gasteiger partial charge < -0.3 is 4.74 Å². The highest BCUT2D eigenvalue weighted by Gasteiger charge is 2.13. The Balaban J connectivity index is 1.59. The van der Waals surface area contributed by atoms with Crippen LogP contribution in [-0.4, -0.2) is 18.0 Å². The first-order valence-corrected chi connectivity index (χ1v) is 9.50. The van der Waals surface area contributed by atoms with E-state index in [1.54, 1.807) is 13.2 Å². The van der Waals surface area contributed by atoms with Crippen LogP contribution in [0.25, 0.3) is 22.0 Å². The van der Waals surface area contributed by atoms with Gasteiger partial charge in [0, 0.05) is 26.9 Å². The monoisotopic (exact) mass is 394 g/mol. The molecule has 4 rings (SSSR count). The third kappa shape index (κ3) is 3.52. The fourth-order valence-corrected chi connectivity index (χ4v) is 3.81. The molecule has 3 aromatic carbocycles. The summed E-state index contributed by atoms with van der Waals surface area (Å²) in [6, 6.07) is 18.7. The van der Waals surface area contributed by atoms with E-state index in [9.17, 15) is 4.79 Å². The molecule has 0 aliphatic rings. The molecule has 0 radical (unpaired) electrons. The van der Waals surface area contributed by atoms with Crippen molar-refractivity contribution >= 4 is 44.7 Å². The molecule has 6 heteroatoms. The number of carbonyl (C=O) groups excluding carboxylic acids is 1. The minimum absolute atomic E-state index is 0.210. The van der Waals surface area contributed by atoms with Crippen molar-refractivity contribution in [2.24, 2.45) is 0 Å². The van der Waals surface area contributed by atoms with Crippen molar-refractivity contribution in [1.29, 1.82) is 0 Å². The van der Waals surface area contributed by atoms with Gasteiger partial charge in [0.1, 0.15) is 5.75 Å². The predicted molar refractivity (Wildman–Crippen MR) is 111 cm³/mol. The molecule has 0 aliphatic heterocycles. The molecule has 1 heterocycles. The largest absolute Gasteiger partial charge is 0.497 e. The van der Waals surface area contributed by atoms with Crippen molar-refractivity contribution in [1.82, 2.24) is 4.98 Å². The topological polar surface area (TPSA) is 51.2 Å². The SMILES string of the molecule is COc1ccc(-c2csc(NC(=O)c3cccc4c(Cl)cccc34)n2)cc1. The molecule has 0 unspecified atom stereocenters. The Morgan fingerprint density at radius 3 is 2.56 bits per heavy atom. The van der Waals surface area contributed by atoms with Crippen molar-refractivity contribution < 1.29 is 9.53 Å². The van der Waals surface area contributed by atoms with Crippen LogP contribution < -0.4 is 10.1 Å². The Morgan fingerprint density at radius 2 is 1.78 bits per heavy atom.